The zero-order valence-corrected chi connectivity index (χ0v) is 14.4. The Morgan fingerprint density at radius 3 is 2.67 bits per heavy atom. The van der Waals surface area contributed by atoms with Gasteiger partial charge in [0.15, 0.2) is 0 Å². The van der Waals surface area contributed by atoms with Gasteiger partial charge in [-0.05, 0) is 57.4 Å². The van der Waals surface area contributed by atoms with Gasteiger partial charge in [-0.1, -0.05) is 26.7 Å². The monoisotopic (exact) mass is 296 g/mol. The van der Waals surface area contributed by atoms with E-state index in [-0.39, 0.29) is 5.54 Å². The zero-order valence-electron chi connectivity index (χ0n) is 14.4. The highest BCUT2D eigenvalue weighted by atomic mass is 16.5. The first-order chi connectivity index (χ1) is 10.1. The summed E-state index contributed by atoms with van der Waals surface area (Å²) in [5.41, 5.74) is 6.55. The maximum absolute atomic E-state index is 6.30. The van der Waals surface area contributed by atoms with Crippen molar-refractivity contribution in [2.45, 2.75) is 77.4 Å². The smallest absolute Gasteiger partial charge is 0.0702 e. The fraction of sp³-hybridized carbons (Fsp3) is 1.00. The van der Waals surface area contributed by atoms with Crippen molar-refractivity contribution in [3.8, 4) is 0 Å². The summed E-state index contributed by atoms with van der Waals surface area (Å²) in [6.07, 6.45) is 9.57. The molecule has 0 bridgehead atoms. The van der Waals surface area contributed by atoms with Gasteiger partial charge < -0.3 is 10.5 Å². The predicted octanol–water partition coefficient (Wildman–Crippen LogP) is 3.42. The van der Waals surface area contributed by atoms with Gasteiger partial charge in [-0.3, -0.25) is 4.90 Å². The largest absolute Gasteiger partial charge is 0.377 e. The molecule has 3 atom stereocenters. The molecule has 0 aromatic rings. The fourth-order valence-corrected chi connectivity index (χ4v) is 4.47. The summed E-state index contributed by atoms with van der Waals surface area (Å²) >= 11 is 0. The first-order valence-electron chi connectivity index (χ1n) is 9.18. The molecule has 2 N–H and O–H groups in total. The lowest BCUT2D eigenvalue weighted by atomic mass is 9.84. The molecule has 3 heteroatoms. The van der Waals surface area contributed by atoms with Crippen LogP contribution in [0.25, 0.3) is 0 Å². The summed E-state index contributed by atoms with van der Waals surface area (Å²) in [5, 5.41) is 0. The first kappa shape index (κ1) is 17.2. The molecule has 0 amide bonds. The van der Waals surface area contributed by atoms with Gasteiger partial charge >= 0.3 is 0 Å². The molecule has 0 spiro atoms. The molecular weight excluding hydrogens is 260 g/mol. The number of hydrogen-bond acceptors (Lipinski definition) is 3. The first-order valence-corrected chi connectivity index (χ1v) is 9.18. The lowest BCUT2D eigenvalue weighted by Crippen LogP contribution is -2.58. The van der Waals surface area contributed by atoms with E-state index in [0.717, 1.165) is 31.5 Å². The molecule has 1 saturated carbocycles. The van der Waals surface area contributed by atoms with Gasteiger partial charge in [0.2, 0.25) is 0 Å². The molecule has 21 heavy (non-hydrogen) atoms. The number of ether oxygens (including phenoxy) is 1. The maximum atomic E-state index is 6.30. The number of likely N-dealkylation sites (tertiary alicyclic amines) is 1. The molecule has 0 aromatic carbocycles. The third kappa shape index (κ3) is 4.20. The lowest BCUT2D eigenvalue weighted by Gasteiger charge is -2.47. The van der Waals surface area contributed by atoms with Crippen molar-refractivity contribution >= 4 is 0 Å². The van der Waals surface area contributed by atoms with Crippen LogP contribution in [0.15, 0.2) is 0 Å². The summed E-state index contributed by atoms with van der Waals surface area (Å²) in [6.45, 7) is 10.8. The van der Waals surface area contributed by atoms with Crippen LogP contribution in [0, 0.1) is 11.8 Å². The molecule has 2 fully saturated rings. The van der Waals surface area contributed by atoms with Crippen molar-refractivity contribution in [3.63, 3.8) is 0 Å². The van der Waals surface area contributed by atoms with Crippen LogP contribution < -0.4 is 5.73 Å². The Labute approximate surface area is 131 Å². The minimum Gasteiger partial charge on any atom is -0.377 e. The third-order valence-electron chi connectivity index (χ3n) is 5.97. The van der Waals surface area contributed by atoms with E-state index in [4.69, 9.17) is 10.5 Å². The summed E-state index contributed by atoms with van der Waals surface area (Å²) in [7, 11) is 0. The number of piperidine rings is 1. The van der Waals surface area contributed by atoms with Crippen LogP contribution in [0.5, 0.6) is 0 Å². The molecule has 124 valence electrons. The van der Waals surface area contributed by atoms with Gasteiger partial charge in [-0.15, -0.1) is 0 Å². The molecule has 1 heterocycles. The molecule has 0 radical (unpaired) electrons. The molecular formula is C18H36N2O. The topological polar surface area (TPSA) is 38.5 Å². The molecule has 3 nitrogen and oxygen atoms in total. The minimum atomic E-state index is 0.249. The third-order valence-corrected chi connectivity index (χ3v) is 5.97. The Bertz CT molecular complexity index is 306. The van der Waals surface area contributed by atoms with Crippen molar-refractivity contribution in [2.24, 2.45) is 17.6 Å². The van der Waals surface area contributed by atoms with Crippen molar-refractivity contribution in [1.82, 2.24) is 4.90 Å². The second kappa shape index (κ2) is 7.94. The minimum absolute atomic E-state index is 0.249. The van der Waals surface area contributed by atoms with Crippen LogP contribution in [0.1, 0.15) is 65.7 Å². The molecule has 1 aliphatic carbocycles. The molecule has 2 aliphatic rings. The van der Waals surface area contributed by atoms with Crippen LogP contribution in [-0.2, 0) is 4.74 Å². The van der Waals surface area contributed by atoms with E-state index in [1.165, 1.54) is 51.5 Å². The molecule has 0 aromatic heterocycles. The van der Waals surface area contributed by atoms with Gasteiger partial charge in [0.1, 0.15) is 0 Å². The molecule has 1 aliphatic heterocycles. The number of nitrogens with two attached hydrogens (primary N) is 1. The van der Waals surface area contributed by atoms with E-state index in [1.54, 1.807) is 0 Å². The number of hydrogen-bond donors (Lipinski definition) is 1. The Balaban J connectivity index is 2.02. The van der Waals surface area contributed by atoms with E-state index < -0.39 is 0 Å². The van der Waals surface area contributed by atoms with Gasteiger partial charge in [0.05, 0.1) is 6.10 Å². The molecule has 2 rings (SSSR count). The Kier molecular flexibility index (Phi) is 6.51. The fourth-order valence-electron chi connectivity index (χ4n) is 4.47. The van der Waals surface area contributed by atoms with E-state index in [2.05, 4.69) is 25.7 Å². The van der Waals surface area contributed by atoms with E-state index in [9.17, 15) is 0 Å². The van der Waals surface area contributed by atoms with Crippen molar-refractivity contribution in [2.75, 3.05) is 26.2 Å². The van der Waals surface area contributed by atoms with Crippen LogP contribution in [0.3, 0.4) is 0 Å². The SMILES string of the molecule is CCOC1CCCN(C2(CN)CCCC(C(C)C)CC2)C1. The van der Waals surface area contributed by atoms with Crippen molar-refractivity contribution in [3.05, 3.63) is 0 Å². The molecule has 1 saturated heterocycles. The summed E-state index contributed by atoms with van der Waals surface area (Å²) in [4.78, 5) is 2.69. The summed E-state index contributed by atoms with van der Waals surface area (Å²) < 4.78 is 5.90. The Morgan fingerprint density at radius 2 is 2.00 bits per heavy atom. The number of rotatable bonds is 5. The average Bonchev–Trinajstić information content (AvgIpc) is 2.71. The van der Waals surface area contributed by atoms with Gasteiger partial charge in [-0.2, -0.15) is 0 Å². The van der Waals surface area contributed by atoms with E-state index in [0.29, 0.717) is 6.10 Å². The van der Waals surface area contributed by atoms with Crippen molar-refractivity contribution in [1.29, 1.82) is 0 Å². The Hall–Kier alpha value is -0.120. The van der Waals surface area contributed by atoms with Gasteiger partial charge in [-0.25, -0.2) is 0 Å². The van der Waals surface area contributed by atoms with Crippen LogP contribution in [0.2, 0.25) is 0 Å². The zero-order chi connectivity index (χ0) is 15.3. The van der Waals surface area contributed by atoms with E-state index >= 15 is 0 Å². The highest BCUT2D eigenvalue weighted by molar-refractivity contribution is 4.96. The summed E-state index contributed by atoms with van der Waals surface area (Å²) in [5.74, 6) is 1.71. The highest BCUT2D eigenvalue weighted by Gasteiger charge is 2.39. The van der Waals surface area contributed by atoms with Crippen molar-refractivity contribution < 1.29 is 4.74 Å². The highest BCUT2D eigenvalue weighted by Crippen LogP contribution is 2.38. The van der Waals surface area contributed by atoms with Crippen LogP contribution in [0.4, 0.5) is 0 Å². The van der Waals surface area contributed by atoms with Gasteiger partial charge in [0.25, 0.3) is 0 Å². The average molecular weight is 296 g/mol. The molecule has 3 unspecified atom stereocenters. The lowest BCUT2D eigenvalue weighted by molar-refractivity contribution is -0.0375. The Morgan fingerprint density at radius 1 is 1.19 bits per heavy atom. The normalized spacial score (nSPS) is 35.9. The van der Waals surface area contributed by atoms with Crippen LogP contribution >= 0.6 is 0 Å². The second-order valence-electron chi connectivity index (χ2n) is 7.53. The van der Waals surface area contributed by atoms with E-state index in [1.807, 2.05) is 0 Å². The second-order valence-corrected chi connectivity index (χ2v) is 7.53. The van der Waals surface area contributed by atoms with Gasteiger partial charge in [0, 0.05) is 25.2 Å². The summed E-state index contributed by atoms with van der Waals surface area (Å²) in [6, 6.07) is 0. The maximum Gasteiger partial charge on any atom is 0.0702 e. The standard InChI is InChI=1S/C18H36N2O/c1-4-21-17-8-6-12-20(13-17)18(14-19)10-5-7-16(9-11-18)15(2)3/h15-17H,4-14,19H2,1-3H3. The number of nitrogens with zero attached hydrogens (tertiary/aromatic N) is 1. The quantitative estimate of drug-likeness (QED) is 0.790. The predicted molar refractivity (Wildman–Crippen MR) is 89.4 cm³/mol. The van der Waals surface area contributed by atoms with Crippen LogP contribution in [-0.4, -0.2) is 42.8 Å².